The van der Waals surface area contributed by atoms with E-state index in [1.54, 1.807) is 6.20 Å². The maximum Gasteiger partial charge on any atom is 0.243 e. The van der Waals surface area contributed by atoms with E-state index in [1.165, 1.54) is 6.08 Å². The van der Waals surface area contributed by atoms with Crippen molar-refractivity contribution in [1.29, 1.82) is 0 Å². The van der Waals surface area contributed by atoms with E-state index in [4.69, 9.17) is 0 Å². The molecule has 1 aliphatic rings. The third-order valence-electron chi connectivity index (χ3n) is 3.29. The van der Waals surface area contributed by atoms with Gasteiger partial charge in [0, 0.05) is 25.3 Å². The molecule has 0 aromatic carbocycles. The quantitative estimate of drug-likeness (QED) is 0.799. The van der Waals surface area contributed by atoms with Crippen molar-refractivity contribution in [2.24, 2.45) is 0 Å². The average Bonchev–Trinajstić information content (AvgIpc) is 3.05. The first-order valence-corrected chi connectivity index (χ1v) is 6.24. The van der Waals surface area contributed by atoms with E-state index in [0.29, 0.717) is 0 Å². The molecular formula is C13H15N5O. The molecule has 2 aromatic rings. The van der Waals surface area contributed by atoms with E-state index >= 15 is 0 Å². The molecule has 98 valence electrons. The van der Waals surface area contributed by atoms with Crippen molar-refractivity contribution in [2.45, 2.75) is 12.5 Å². The highest BCUT2D eigenvalue weighted by Gasteiger charge is 2.24. The summed E-state index contributed by atoms with van der Waals surface area (Å²) in [6, 6.07) is 2.05. The minimum absolute atomic E-state index is 0.126. The summed E-state index contributed by atoms with van der Waals surface area (Å²) in [5, 5.41) is 2.91. The first-order valence-electron chi connectivity index (χ1n) is 6.24. The van der Waals surface area contributed by atoms with Crippen molar-refractivity contribution < 1.29 is 4.79 Å². The molecule has 0 spiro atoms. The van der Waals surface area contributed by atoms with Gasteiger partial charge in [0.2, 0.25) is 5.91 Å². The highest BCUT2D eigenvalue weighted by molar-refractivity contribution is 5.87. The normalized spacial score (nSPS) is 18.7. The lowest BCUT2D eigenvalue weighted by Gasteiger charge is -2.17. The van der Waals surface area contributed by atoms with E-state index in [1.807, 2.05) is 12.3 Å². The standard InChI is InChI=1S/C13H15N5O/c1-2-12(19)16-9-4-6-18(8-9)11-7-15-13-10(17-11)3-5-14-13/h2-3,5,7,9H,1,4,6,8H2,(H,14,15)(H,16,19)/t9-/m1/s1. The summed E-state index contributed by atoms with van der Waals surface area (Å²) in [5.41, 5.74) is 1.65. The van der Waals surface area contributed by atoms with Gasteiger partial charge >= 0.3 is 0 Å². The van der Waals surface area contributed by atoms with E-state index in [0.717, 1.165) is 36.5 Å². The zero-order valence-corrected chi connectivity index (χ0v) is 10.5. The molecule has 19 heavy (non-hydrogen) atoms. The van der Waals surface area contributed by atoms with Crippen molar-refractivity contribution in [3.05, 3.63) is 31.1 Å². The predicted molar refractivity (Wildman–Crippen MR) is 72.8 cm³/mol. The lowest BCUT2D eigenvalue weighted by atomic mass is 10.2. The Kier molecular flexibility index (Phi) is 2.91. The van der Waals surface area contributed by atoms with Gasteiger partial charge in [0.05, 0.1) is 6.20 Å². The Balaban J connectivity index is 1.73. The Morgan fingerprint density at radius 2 is 2.53 bits per heavy atom. The molecule has 1 fully saturated rings. The summed E-state index contributed by atoms with van der Waals surface area (Å²) in [4.78, 5) is 25.3. The highest BCUT2D eigenvalue weighted by Crippen LogP contribution is 2.19. The Labute approximate surface area is 110 Å². The second kappa shape index (κ2) is 4.72. The molecule has 0 bridgehead atoms. The summed E-state index contributed by atoms with van der Waals surface area (Å²) in [7, 11) is 0. The van der Waals surface area contributed by atoms with Crippen LogP contribution in [0.2, 0.25) is 0 Å². The van der Waals surface area contributed by atoms with E-state index in [2.05, 4.69) is 31.7 Å². The number of amides is 1. The molecule has 1 saturated heterocycles. The van der Waals surface area contributed by atoms with E-state index in [-0.39, 0.29) is 11.9 Å². The summed E-state index contributed by atoms with van der Waals surface area (Å²) >= 11 is 0. The van der Waals surface area contributed by atoms with Gasteiger partial charge in [-0.05, 0) is 18.6 Å². The van der Waals surface area contributed by atoms with E-state index < -0.39 is 0 Å². The van der Waals surface area contributed by atoms with Crippen LogP contribution in [0.15, 0.2) is 31.1 Å². The topological polar surface area (TPSA) is 73.9 Å². The van der Waals surface area contributed by atoms with Gasteiger partial charge in [-0.15, -0.1) is 0 Å². The van der Waals surface area contributed by atoms with Crippen LogP contribution in [-0.4, -0.2) is 40.0 Å². The number of H-pyrrole nitrogens is 1. The minimum atomic E-state index is -0.126. The van der Waals surface area contributed by atoms with Crippen molar-refractivity contribution in [1.82, 2.24) is 20.3 Å². The molecule has 2 aromatic heterocycles. The number of aromatic amines is 1. The molecule has 0 radical (unpaired) electrons. The number of aromatic nitrogens is 3. The number of hydrogen-bond donors (Lipinski definition) is 2. The minimum Gasteiger partial charge on any atom is -0.353 e. The maximum atomic E-state index is 11.3. The largest absolute Gasteiger partial charge is 0.353 e. The number of nitrogens with one attached hydrogen (secondary N) is 2. The van der Waals surface area contributed by atoms with Gasteiger partial charge in [0.15, 0.2) is 5.65 Å². The van der Waals surface area contributed by atoms with Crippen molar-refractivity contribution in [3.8, 4) is 0 Å². The van der Waals surface area contributed by atoms with Crippen LogP contribution in [0.3, 0.4) is 0 Å². The number of rotatable bonds is 3. The molecule has 2 N–H and O–H groups in total. The van der Waals surface area contributed by atoms with Gasteiger partial charge in [0.1, 0.15) is 11.3 Å². The molecule has 0 aliphatic carbocycles. The number of anilines is 1. The van der Waals surface area contributed by atoms with Gasteiger partial charge < -0.3 is 15.2 Å². The lowest BCUT2D eigenvalue weighted by molar-refractivity contribution is -0.117. The fourth-order valence-electron chi connectivity index (χ4n) is 2.32. The molecular weight excluding hydrogens is 242 g/mol. The molecule has 3 rings (SSSR count). The third kappa shape index (κ3) is 2.29. The van der Waals surface area contributed by atoms with Crippen LogP contribution in [0.25, 0.3) is 11.2 Å². The fourth-order valence-corrected chi connectivity index (χ4v) is 2.32. The number of fused-ring (bicyclic) bond motifs is 1. The van der Waals surface area contributed by atoms with Gasteiger partial charge in [-0.3, -0.25) is 4.79 Å². The molecule has 1 amide bonds. The molecule has 1 atom stereocenters. The Bertz CT molecular complexity index is 620. The second-order valence-electron chi connectivity index (χ2n) is 4.58. The predicted octanol–water partition coefficient (Wildman–Crippen LogP) is 0.839. The molecule has 6 nitrogen and oxygen atoms in total. The van der Waals surface area contributed by atoms with Crippen LogP contribution in [0.5, 0.6) is 0 Å². The highest BCUT2D eigenvalue weighted by atomic mass is 16.1. The van der Waals surface area contributed by atoms with Crippen LogP contribution in [0.4, 0.5) is 5.82 Å². The molecule has 3 heterocycles. The first-order chi connectivity index (χ1) is 9.26. The van der Waals surface area contributed by atoms with Crippen LogP contribution >= 0.6 is 0 Å². The third-order valence-corrected chi connectivity index (χ3v) is 3.29. The van der Waals surface area contributed by atoms with Crippen LogP contribution < -0.4 is 10.2 Å². The Morgan fingerprint density at radius 3 is 3.37 bits per heavy atom. The lowest BCUT2D eigenvalue weighted by Crippen LogP contribution is -2.36. The fraction of sp³-hybridized carbons (Fsp3) is 0.308. The van der Waals surface area contributed by atoms with Crippen molar-refractivity contribution in [2.75, 3.05) is 18.0 Å². The van der Waals surface area contributed by atoms with Gasteiger partial charge in [-0.1, -0.05) is 6.58 Å². The molecule has 0 saturated carbocycles. The molecule has 6 heteroatoms. The molecule has 1 aliphatic heterocycles. The zero-order valence-electron chi connectivity index (χ0n) is 10.5. The van der Waals surface area contributed by atoms with Crippen molar-refractivity contribution in [3.63, 3.8) is 0 Å². The van der Waals surface area contributed by atoms with Crippen molar-refractivity contribution >= 4 is 22.9 Å². The van der Waals surface area contributed by atoms with Crippen LogP contribution in [-0.2, 0) is 4.79 Å². The number of carbonyl (C=O) groups is 1. The Hall–Kier alpha value is -2.37. The zero-order chi connectivity index (χ0) is 13.2. The molecule has 0 unspecified atom stereocenters. The van der Waals surface area contributed by atoms with Gasteiger partial charge in [0.25, 0.3) is 0 Å². The SMILES string of the molecule is C=CC(=O)N[C@@H]1CCN(c2cnc3[nH]ccc3n2)C1. The number of nitrogens with zero attached hydrogens (tertiary/aromatic N) is 3. The summed E-state index contributed by atoms with van der Waals surface area (Å²) in [6.07, 6.45) is 5.79. The van der Waals surface area contributed by atoms with E-state index in [9.17, 15) is 4.79 Å². The number of hydrogen-bond acceptors (Lipinski definition) is 4. The average molecular weight is 257 g/mol. The van der Waals surface area contributed by atoms with Gasteiger partial charge in [-0.2, -0.15) is 0 Å². The summed E-state index contributed by atoms with van der Waals surface area (Å²) in [6.45, 7) is 5.08. The smallest absolute Gasteiger partial charge is 0.243 e. The van der Waals surface area contributed by atoms with Gasteiger partial charge in [-0.25, -0.2) is 9.97 Å². The summed E-state index contributed by atoms with van der Waals surface area (Å²) < 4.78 is 0. The monoisotopic (exact) mass is 257 g/mol. The van der Waals surface area contributed by atoms with Crippen LogP contribution in [0.1, 0.15) is 6.42 Å². The number of carbonyl (C=O) groups excluding carboxylic acids is 1. The maximum absolute atomic E-state index is 11.3. The first kappa shape index (κ1) is 11.7. The summed E-state index contributed by atoms with van der Waals surface area (Å²) in [5.74, 6) is 0.724. The van der Waals surface area contributed by atoms with Crippen LogP contribution in [0, 0.1) is 0 Å². The Morgan fingerprint density at radius 1 is 1.63 bits per heavy atom. The second-order valence-corrected chi connectivity index (χ2v) is 4.58.